The molecule has 168 valence electrons. The Hall–Kier alpha value is -3.02. The number of nitrogens with zero attached hydrogens (tertiary/aromatic N) is 4. The zero-order valence-corrected chi connectivity index (χ0v) is 19.3. The first-order valence-electron chi connectivity index (χ1n) is 11.8. The van der Waals surface area contributed by atoms with Crippen molar-refractivity contribution in [1.29, 1.82) is 0 Å². The van der Waals surface area contributed by atoms with Crippen LogP contribution in [0.4, 0.5) is 11.6 Å². The van der Waals surface area contributed by atoms with Crippen LogP contribution in [0.3, 0.4) is 0 Å². The highest BCUT2D eigenvalue weighted by atomic mass is 16.2. The fourth-order valence-corrected chi connectivity index (χ4v) is 5.20. The van der Waals surface area contributed by atoms with Crippen LogP contribution in [0, 0.1) is 19.8 Å². The number of hydrogen-bond donors (Lipinski definition) is 1. The standard InChI is InChI=1S/C26H33N5O/c1-18-5-4-6-22(15-18)31-14-13-30(17-20(31)3)25(32)21-9-11-29(12-10-21)26-27-23-8-7-19(2)16-24(23)28-26/h4-8,15-16,20-21H,9-14,17H2,1-3H3,(H,27,28). The highest BCUT2D eigenvalue weighted by Gasteiger charge is 2.33. The molecule has 0 saturated carbocycles. The highest BCUT2D eigenvalue weighted by Crippen LogP contribution is 2.27. The van der Waals surface area contributed by atoms with Crippen molar-refractivity contribution in [3.05, 3.63) is 53.6 Å². The molecule has 2 aromatic carbocycles. The molecule has 3 aromatic rings. The van der Waals surface area contributed by atoms with Crippen molar-refractivity contribution >= 4 is 28.6 Å². The first-order valence-corrected chi connectivity index (χ1v) is 11.8. The lowest BCUT2D eigenvalue weighted by Gasteiger charge is -2.43. The van der Waals surface area contributed by atoms with Crippen LogP contribution >= 0.6 is 0 Å². The van der Waals surface area contributed by atoms with Gasteiger partial charge < -0.3 is 19.7 Å². The van der Waals surface area contributed by atoms with Gasteiger partial charge in [-0.15, -0.1) is 0 Å². The van der Waals surface area contributed by atoms with Crippen LogP contribution in [0.2, 0.25) is 0 Å². The molecular weight excluding hydrogens is 398 g/mol. The lowest BCUT2D eigenvalue weighted by atomic mass is 9.94. The summed E-state index contributed by atoms with van der Waals surface area (Å²) in [6.07, 6.45) is 1.78. The maximum atomic E-state index is 13.3. The molecule has 2 fully saturated rings. The molecule has 0 bridgehead atoms. The minimum absolute atomic E-state index is 0.121. The molecule has 0 radical (unpaired) electrons. The number of aromatic nitrogens is 2. The van der Waals surface area contributed by atoms with E-state index < -0.39 is 0 Å². The summed E-state index contributed by atoms with van der Waals surface area (Å²) in [7, 11) is 0. The van der Waals surface area contributed by atoms with Gasteiger partial charge in [-0.25, -0.2) is 4.98 Å². The number of piperidine rings is 1. The van der Waals surface area contributed by atoms with Crippen LogP contribution in [0.5, 0.6) is 0 Å². The van der Waals surface area contributed by atoms with E-state index in [2.05, 4.69) is 82.9 Å². The monoisotopic (exact) mass is 431 g/mol. The number of aryl methyl sites for hydroxylation is 2. The van der Waals surface area contributed by atoms with Crippen LogP contribution in [-0.2, 0) is 4.79 Å². The molecule has 0 spiro atoms. The third-order valence-corrected chi connectivity index (χ3v) is 7.04. The highest BCUT2D eigenvalue weighted by molar-refractivity contribution is 5.80. The SMILES string of the molecule is Cc1cccc(N2CCN(C(=O)C3CCN(c4nc5ccc(C)cc5[nH]4)CC3)CC2C)c1. The van der Waals surface area contributed by atoms with E-state index >= 15 is 0 Å². The van der Waals surface area contributed by atoms with Crippen LogP contribution < -0.4 is 9.80 Å². The van der Waals surface area contributed by atoms with Gasteiger partial charge in [0.2, 0.25) is 11.9 Å². The Labute approximate surface area is 190 Å². The molecule has 1 amide bonds. The Morgan fingerprint density at radius 3 is 2.53 bits per heavy atom. The molecular formula is C26H33N5O. The topological polar surface area (TPSA) is 55.5 Å². The molecule has 1 atom stereocenters. The lowest BCUT2D eigenvalue weighted by molar-refractivity contribution is -0.137. The largest absolute Gasteiger partial charge is 0.365 e. The molecule has 5 rings (SSSR count). The second-order valence-corrected chi connectivity index (χ2v) is 9.51. The maximum Gasteiger partial charge on any atom is 0.225 e. The number of hydrogen-bond acceptors (Lipinski definition) is 4. The molecule has 2 aliphatic rings. The number of rotatable bonds is 3. The van der Waals surface area contributed by atoms with E-state index in [1.54, 1.807) is 0 Å². The molecule has 1 N–H and O–H groups in total. The number of nitrogens with one attached hydrogen (secondary N) is 1. The molecule has 6 nitrogen and oxygen atoms in total. The van der Waals surface area contributed by atoms with E-state index in [1.165, 1.54) is 16.8 Å². The van der Waals surface area contributed by atoms with Gasteiger partial charge in [-0.2, -0.15) is 0 Å². The second-order valence-electron chi connectivity index (χ2n) is 9.51. The fourth-order valence-electron chi connectivity index (χ4n) is 5.20. The summed E-state index contributed by atoms with van der Waals surface area (Å²) in [5, 5.41) is 0. The number of carbonyl (C=O) groups is 1. The Morgan fingerprint density at radius 2 is 1.78 bits per heavy atom. The van der Waals surface area contributed by atoms with Crippen molar-refractivity contribution in [2.24, 2.45) is 5.92 Å². The quantitative estimate of drug-likeness (QED) is 0.677. The van der Waals surface area contributed by atoms with Gasteiger partial charge in [0, 0.05) is 50.4 Å². The summed E-state index contributed by atoms with van der Waals surface area (Å²) in [6.45, 7) is 10.7. The summed E-state index contributed by atoms with van der Waals surface area (Å²) >= 11 is 0. The van der Waals surface area contributed by atoms with Gasteiger partial charge in [0.25, 0.3) is 0 Å². The number of fused-ring (bicyclic) bond motifs is 1. The van der Waals surface area contributed by atoms with E-state index in [0.29, 0.717) is 11.9 Å². The summed E-state index contributed by atoms with van der Waals surface area (Å²) in [5.41, 5.74) is 5.86. The van der Waals surface area contributed by atoms with Gasteiger partial charge in [0.15, 0.2) is 0 Å². The number of H-pyrrole nitrogens is 1. The van der Waals surface area contributed by atoms with Gasteiger partial charge in [-0.05, 0) is 69.0 Å². The molecule has 1 aromatic heterocycles. The number of imidazole rings is 1. The van der Waals surface area contributed by atoms with Gasteiger partial charge in [0.05, 0.1) is 11.0 Å². The number of aromatic amines is 1. The zero-order valence-electron chi connectivity index (χ0n) is 19.3. The van der Waals surface area contributed by atoms with Crippen molar-refractivity contribution in [1.82, 2.24) is 14.9 Å². The van der Waals surface area contributed by atoms with E-state index in [9.17, 15) is 4.79 Å². The summed E-state index contributed by atoms with van der Waals surface area (Å²) < 4.78 is 0. The predicted octanol–water partition coefficient (Wildman–Crippen LogP) is 4.13. The van der Waals surface area contributed by atoms with E-state index in [-0.39, 0.29) is 5.92 Å². The second kappa shape index (κ2) is 8.49. The van der Waals surface area contributed by atoms with Gasteiger partial charge in [0.1, 0.15) is 0 Å². The van der Waals surface area contributed by atoms with E-state index in [4.69, 9.17) is 4.98 Å². The Kier molecular flexibility index (Phi) is 5.53. The van der Waals surface area contributed by atoms with Crippen molar-refractivity contribution in [3.8, 4) is 0 Å². The van der Waals surface area contributed by atoms with Crippen molar-refractivity contribution < 1.29 is 4.79 Å². The third kappa shape index (κ3) is 4.06. The van der Waals surface area contributed by atoms with E-state index in [1.807, 2.05) is 0 Å². The lowest BCUT2D eigenvalue weighted by Crippen LogP contribution is -2.55. The zero-order chi connectivity index (χ0) is 22.2. The maximum absolute atomic E-state index is 13.3. The van der Waals surface area contributed by atoms with Crippen LogP contribution in [0.1, 0.15) is 30.9 Å². The Morgan fingerprint density at radius 1 is 1.00 bits per heavy atom. The Bertz CT molecular complexity index is 1110. The van der Waals surface area contributed by atoms with Crippen LogP contribution in [0.25, 0.3) is 11.0 Å². The number of benzene rings is 2. The normalized spacial score (nSPS) is 20.2. The van der Waals surface area contributed by atoms with E-state index in [0.717, 1.165) is 62.5 Å². The first kappa shape index (κ1) is 20.9. The van der Waals surface area contributed by atoms with Crippen LogP contribution in [-0.4, -0.2) is 59.5 Å². The Balaban J connectivity index is 1.18. The molecule has 0 aliphatic carbocycles. The van der Waals surface area contributed by atoms with Gasteiger partial charge in [-0.3, -0.25) is 4.79 Å². The first-order chi connectivity index (χ1) is 15.5. The van der Waals surface area contributed by atoms with Crippen molar-refractivity contribution in [2.45, 2.75) is 39.7 Å². The molecule has 3 heterocycles. The average molecular weight is 432 g/mol. The number of carbonyl (C=O) groups excluding carboxylic acids is 1. The summed E-state index contributed by atoms with van der Waals surface area (Å²) in [5.74, 6) is 1.38. The average Bonchev–Trinajstić information content (AvgIpc) is 3.22. The molecule has 2 saturated heterocycles. The molecule has 32 heavy (non-hydrogen) atoms. The van der Waals surface area contributed by atoms with Crippen molar-refractivity contribution in [2.75, 3.05) is 42.5 Å². The number of amides is 1. The van der Waals surface area contributed by atoms with Gasteiger partial charge in [-0.1, -0.05) is 18.2 Å². The number of piperazine rings is 1. The summed E-state index contributed by atoms with van der Waals surface area (Å²) in [6, 6.07) is 15.3. The smallest absolute Gasteiger partial charge is 0.225 e. The third-order valence-electron chi connectivity index (χ3n) is 7.04. The fraction of sp³-hybridized carbons (Fsp3) is 0.462. The van der Waals surface area contributed by atoms with Crippen LogP contribution in [0.15, 0.2) is 42.5 Å². The number of anilines is 2. The minimum Gasteiger partial charge on any atom is -0.365 e. The molecule has 1 unspecified atom stereocenters. The molecule has 2 aliphatic heterocycles. The van der Waals surface area contributed by atoms with Crippen molar-refractivity contribution in [3.63, 3.8) is 0 Å². The minimum atomic E-state index is 0.121. The molecule has 6 heteroatoms. The predicted molar refractivity (Wildman–Crippen MR) is 130 cm³/mol. The summed E-state index contributed by atoms with van der Waals surface area (Å²) in [4.78, 5) is 28.3. The van der Waals surface area contributed by atoms with Gasteiger partial charge >= 0.3 is 0 Å².